The number of carbonyl (C=O) groups is 1. The fourth-order valence-electron chi connectivity index (χ4n) is 3.13. The van der Waals surface area contributed by atoms with Crippen molar-refractivity contribution in [2.45, 2.75) is 50.2 Å². The van der Waals surface area contributed by atoms with Crippen molar-refractivity contribution >= 4 is 16.1 Å². The van der Waals surface area contributed by atoms with Gasteiger partial charge in [0.05, 0.1) is 5.25 Å². The summed E-state index contributed by atoms with van der Waals surface area (Å²) in [7, 11) is -3.24. The highest BCUT2D eigenvalue weighted by molar-refractivity contribution is 7.90. The average Bonchev–Trinajstić information content (AvgIpc) is 2.46. The SMILES string of the molecule is O=C(O)N1CCCC(CNS(=O)(=O)C2CCCCC2)C1. The summed E-state index contributed by atoms with van der Waals surface area (Å²) in [5, 5.41) is 8.72. The molecule has 116 valence electrons. The van der Waals surface area contributed by atoms with Crippen LogP contribution in [0.15, 0.2) is 0 Å². The standard InChI is InChI=1S/C13H24N2O4S/c16-13(17)15-8-4-5-11(10-15)9-14-20(18,19)12-6-2-1-3-7-12/h11-12,14H,1-10H2,(H,16,17). The molecular weight excluding hydrogens is 280 g/mol. The van der Waals surface area contributed by atoms with Crippen LogP contribution in [-0.4, -0.2) is 49.4 Å². The molecule has 2 fully saturated rings. The van der Waals surface area contributed by atoms with Crippen LogP contribution in [0.1, 0.15) is 44.9 Å². The van der Waals surface area contributed by atoms with E-state index in [1.54, 1.807) is 0 Å². The first-order valence-electron chi connectivity index (χ1n) is 7.45. The van der Waals surface area contributed by atoms with Crippen LogP contribution in [0, 0.1) is 5.92 Å². The van der Waals surface area contributed by atoms with E-state index in [-0.39, 0.29) is 11.2 Å². The molecule has 0 aromatic heterocycles. The maximum absolute atomic E-state index is 12.2. The van der Waals surface area contributed by atoms with Gasteiger partial charge in [0.1, 0.15) is 0 Å². The molecule has 2 N–H and O–H groups in total. The molecule has 1 unspecified atom stereocenters. The molecule has 7 heteroatoms. The van der Waals surface area contributed by atoms with Gasteiger partial charge in [-0.15, -0.1) is 0 Å². The van der Waals surface area contributed by atoms with Gasteiger partial charge in [0.15, 0.2) is 0 Å². The van der Waals surface area contributed by atoms with Gasteiger partial charge in [-0.05, 0) is 31.6 Å². The predicted molar refractivity (Wildman–Crippen MR) is 76.1 cm³/mol. The van der Waals surface area contributed by atoms with Crippen molar-refractivity contribution in [2.24, 2.45) is 5.92 Å². The zero-order valence-electron chi connectivity index (χ0n) is 11.8. The Morgan fingerprint density at radius 1 is 1.15 bits per heavy atom. The Labute approximate surface area is 120 Å². The third kappa shape index (κ3) is 4.09. The summed E-state index contributed by atoms with van der Waals surface area (Å²) in [6.07, 6.45) is 5.39. The molecule has 1 heterocycles. The third-order valence-corrected chi connectivity index (χ3v) is 6.27. The summed E-state index contributed by atoms with van der Waals surface area (Å²) in [5.74, 6) is 0.0956. The highest BCUT2D eigenvalue weighted by Gasteiger charge is 2.29. The largest absolute Gasteiger partial charge is 0.465 e. The molecule has 1 aliphatic heterocycles. The van der Waals surface area contributed by atoms with Crippen molar-refractivity contribution in [3.63, 3.8) is 0 Å². The van der Waals surface area contributed by atoms with Gasteiger partial charge < -0.3 is 10.0 Å². The number of carboxylic acid groups (broad SMARTS) is 1. The van der Waals surface area contributed by atoms with E-state index in [0.29, 0.717) is 19.6 Å². The van der Waals surface area contributed by atoms with Gasteiger partial charge in [-0.2, -0.15) is 0 Å². The first kappa shape index (κ1) is 15.6. The molecule has 2 aliphatic rings. The molecular formula is C13H24N2O4S. The topological polar surface area (TPSA) is 86.7 Å². The molecule has 0 bridgehead atoms. The zero-order valence-corrected chi connectivity index (χ0v) is 12.6. The number of nitrogens with zero attached hydrogens (tertiary/aromatic N) is 1. The Balaban J connectivity index is 1.83. The number of hydrogen-bond acceptors (Lipinski definition) is 3. The maximum Gasteiger partial charge on any atom is 0.407 e. The Kier molecular flexibility index (Phi) is 5.26. The lowest BCUT2D eigenvalue weighted by Crippen LogP contribution is -2.44. The van der Waals surface area contributed by atoms with E-state index in [4.69, 9.17) is 5.11 Å². The van der Waals surface area contributed by atoms with Gasteiger partial charge in [-0.25, -0.2) is 17.9 Å². The number of rotatable bonds is 4. The number of nitrogens with one attached hydrogen (secondary N) is 1. The minimum Gasteiger partial charge on any atom is -0.465 e. The van der Waals surface area contributed by atoms with Crippen LogP contribution < -0.4 is 4.72 Å². The molecule has 1 atom stereocenters. The predicted octanol–water partition coefficient (Wildman–Crippen LogP) is 1.63. The number of hydrogen-bond donors (Lipinski definition) is 2. The normalized spacial score (nSPS) is 25.6. The molecule has 20 heavy (non-hydrogen) atoms. The molecule has 1 saturated carbocycles. The van der Waals surface area contributed by atoms with Gasteiger partial charge in [-0.1, -0.05) is 19.3 Å². The van der Waals surface area contributed by atoms with Crippen molar-refractivity contribution in [3.8, 4) is 0 Å². The van der Waals surface area contributed by atoms with Crippen molar-refractivity contribution in [1.82, 2.24) is 9.62 Å². The van der Waals surface area contributed by atoms with Gasteiger partial charge in [-0.3, -0.25) is 0 Å². The third-order valence-electron chi connectivity index (χ3n) is 4.35. The lowest BCUT2D eigenvalue weighted by atomic mass is 9.99. The second-order valence-corrected chi connectivity index (χ2v) is 7.94. The highest BCUT2D eigenvalue weighted by atomic mass is 32.2. The first-order chi connectivity index (χ1) is 9.49. The second kappa shape index (κ2) is 6.76. The van der Waals surface area contributed by atoms with Gasteiger partial charge in [0, 0.05) is 19.6 Å². The summed E-state index contributed by atoms with van der Waals surface area (Å²) >= 11 is 0. The number of piperidine rings is 1. The number of sulfonamides is 1. The molecule has 1 saturated heterocycles. The van der Waals surface area contributed by atoms with E-state index in [1.807, 2.05) is 0 Å². The van der Waals surface area contributed by atoms with Crippen molar-refractivity contribution in [2.75, 3.05) is 19.6 Å². The molecule has 0 aromatic carbocycles. The molecule has 0 radical (unpaired) electrons. The highest BCUT2D eigenvalue weighted by Crippen LogP contribution is 2.23. The Morgan fingerprint density at radius 2 is 1.85 bits per heavy atom. The molecule has 1 amide bonds. The fourth-order valence-corrected chi connectivity index (χ4v) is 4.79. The van der Waals surface area contributed by atoms with Crippen LogP contribution in [0.5, 0.6) is 0 Å². The first-order valence-corrected chi connectivity index (χ1v) is 9.00. The summed E-state index contributed by atoms with van der Waals surface area (Å²) in [6.45, 7) is 1.35. The van der Waals surface area contributed by atoms with Crippen molar-refractivity contribution in [1.29, 1.82) is 0 Å². The Bertz CT molecular complexity index is 432. The summed E-state index contributed by atoms with van der Waals surface area (Å²) < 4.78 is 27.1. The Morgan fingerprint density at radius 3 is 2.50 bits per heavy atom. The van der Waals surface area contributed by atoms with E-state index in [0.717, 1.165) is 44.9 Å². The summed E-state index contributed by atoms with van der Waals surface area (Å²) in [5.41, 5.74) is 0. The van der Waals surface area contributed by atoms with Crippen LogP contribution >= 0.6 is 0 Å². The van der Waals surface area contributed by atoms with Crippen LogP contribution in [0.2, 0.25) is 0 Å². The van der Waals surface area contributed by atoms with Gasteiger partial charge in [0.25, 0.3) is 0 Å². The molecule has 6 nitrogen and oxygen atoms in total. The van der Waals surface area contributed by atoms with E-state index in [9.17, 15) is 13.2 Å². The van der Waals surface area contributed by atoms with Crippen LogP contribution in [-0.2, 0) is 10.0 Å². The zero-order chi connectivity index (χ0) is 14.6. The average molecular weight is 304 g/mol. The Hall–Kier alpha value is -0.820. The second-order valence-electron chi connectivity index (χ2n) is 5.89. The lowest BCUT2D eigenvalue weighted by Gasteiger charge is -2.31. The monoisotopic (exact) mass is 304 g/mol. The van der Waals surface area contributed by atoms with E-state index >= 15 is 0 Å². The van der Waals surface area contributed by atoms with Crippen LogP contribution in [0.25, 0.3) is 0 Å². The van der Waals surface area contributed by atoms with E-state index in [2.05, 4.69) is 4.72 Å². The fraction of sp³-hybridized carbons (Fsp3) is 0.923. The summed E-state index contributed by atoms with van der Waals surface area (Å²) in [6, 6.07) is 0. The van der Waals surface area contributed by atoms with E-state index in [1.165, 1.54) is 4.90 Å². The lowest BCUT2D eigenvalue weighted by molar-refractivity contribution is 0.121. The molecule has 2 rings (SSSR count). The van der Waals surface area contributed by atoms with E-state index < -0.39 is 16.1 Å². The summed E-state index contributed by atoms with van der Waals surface area (Å²) in [4.78, 5) is 12.3. The minimum atomic E-state index is -3.24. The van der Waals surface area contributed by atoms with Crippen LogP contribution in [0.3, 0.4) is 0 Å². The molecule has 0 aromatic rings. The van der Waals surface area contributed by atoms with Gasteiger partial charge in [0.2, 0.25) is 10.0 Å². The number of likely N-dealkylation sites (tertiary alicyclic amines) is 1. The van der Waals surface area contributed by atoms with Crippen molar-refractivity contribution < 1.29 is 18.3 Å². The smallest absolute Gasteiger partial charge is 0.407 e. The molecule has 1 aliphatic carbocycles. The quantitative estimate of drug-likeness (QED) is 0.826. The van der Waals surface area contributed by atoms with Gasteiger partial charge >= 0.3 is 6.09 Å². The molecule has 0 spiro atoms. The van der Waals surface area contributed by atoms with Crippen LogP contribution in [0.4, 0.5) is 4.79 Å². The van der Waals surface area contributed by atoms with Crippen molar-refractivity contribution in [3.05, 3.63) is 0 Å². The minimum absolute atomic E-state index is 0.0956. The maximum atomic E-state index is 12.2. The number of amides is 1.